The van der Waals surface area contributed by atoms with Gasteiger partial charge in [0.25, 0.3) is 0 Å². The molecular weight excluding hydrogens is 452 g/mol. The summed E-state index contributed by atoms with van der Waals surface area (Å²) in [4.78, 5) is 14.1. The fourth-order valence-electron chi connectivity index (χ4n) is 5.04. The van der Waals surface area contributed by atoms with Gasteiger partial charge in [-0.2, -0.15) is 0 Å². The Hall–Kier alpha value is -2.16. The first-order valence-corrected chi connectivity index (χ1v) is 14.1. The highest BCUT2D eigenvalue weighted by molar-refractivity contribution is 7.88. The molecule has 2 aliphatic rings. The Kier molecular flexibility index (Phi) is 9.74. The molecule has 8 heteroatoms. The van der Waals surface area contributed by atoms with E-state index in [4.69, 9.17) is 9.47 Å². The van der Waals surface area contributed by atoms with Gasteiger partial charge in [-0.05, 0) is 68.6 Å². The minimum Gasteiger partial charge on any atom is -0.493 e. The van der Waals surface area contributed by atoms with Crippen LogP contribution in [0.15, 0.2) is 49.6 Å². The fourth-order valence-corrected chi connectivity index (χ4v) is 5.87. The van der Waals surface area contributed by atoms with Gasteiger partial charge in [0.05, 0.1) is 31.6 Å². The molecule has 2 atom stereocenters. The lowest BCUT2D eigenvalue weighted by atomic mass is 9.82. The lowest BCUT2D eigenvalue weighted by molar-refractivity contribution is -0.133. The van der Waals surface area contributed by atoms with E-state index in [0.717, 1.165) is 50.5 Å². The standard InChI is InChI=1S/C26H38N2O5S/c1-4-6-18-32-25-12-8-7-10-22(25)20-13-15-21(16-14-20)33-19-24-23(27-34(3,30)31)11-9-17-28(24)26(29)5-2/h4-5,7-8,10,12,20-21,23-24,27H,1-2,6,9,11,13-19H2,3H3/t20?,21?,23?,24-/m0/s1. The van der Waals surface area contributed by atoms with Crippen molar-refractivity contribution < 1.29 is 22.7 Å². The molecule has 1 heterocycles. The molecule has 2 fully saturated rings. The van der Waals surface area contributed by atoms with Gasteiger partial charge in [0, 0.05) is 12.6 Å². The van der Waals surface area contributed by atoms with Crippen LogP contribution in [0.5, 0.6) is 5.75 Å². The van der Waals surface area contributed by atoms with Gasteiger partial charge in [-0.25, -0.2) is 13.1 Å². The molecule has 1 aromatic rings. The summed E-state index contributed by atoms with van der Waals surface area (Å²) in [6, 6.07) is 7.54. The predicted octanol–water partition coefficient (Wildman–Crippen LogP) is 3.78. The van der Waals surface area contributed by atoms with Crippen LogP contribution in [0.3, 0.4) is 0 Å². The minimum atomic E-state index is -3.39. The summed E-state index contributed by atoms with van der Waals surface area (Å²) in [7, 11) is -3.39. The molecular formula is C26H38N2O5S. The highest BCUT2D eigenvalue weighted by Crippen LogP contribution is 2.38. The smallest absolute Gasteiger partial charge is 0.246 e. The first-order valence-electron chi connectivity index (χ1n) is 12.2. The number of benzene rings is 1. The number of nitrogens with one attached hydrogen (secondary N) is 1. The van der Waals surface area contributed by atoms with Crippen molar-refractivity contribution in [3.63, 3.8) is 0 Å². The second-order valence-corrected chi connectivity index (χ2v) is 11.0. The molecule has 0 bridgehead atoms. The molecule has 1 aliphatic heterocycles. The second-order valence-electron chi connectivity index (χ2n) is 9.21. The highest BCUT2D eigenvalue weighted by atomic mass is 32.2. The summed E-state index contributed by atoms with van der Waals surface area (Å²) in [5.74, 6) is 1.18. The molecule has 1 amide bonds. The number of hydrogen-bond donors (Lipinski definition) is 1. The van der Waals surface area contributed by atoms with E-state index in [2.05, 4.69) is 30.0 Å². The maximum Gasteiger partial charge on any atom is 0.246 e. The summed E-state index contributed by atoms with van der Waals surface area (Å²) in [5.41, 5.74) is 1.25. The maximum atomic E-state index is 12.4. The summed E-state index contributed by atoms with van der Waals surface area (Å²) in [5, 5.41) is 0. The number of nitrogens with zero attached hydrogens (tertiary/aromatic N) is 1. The number of carbonyl (C=O) groups excluding carboxylic acids is 1. The largest absolute Gasteiger partial charge is 0.493 e. The fraction of sp³-hybridized carbons (Fsp3) is 0.577. The van der Waals surface area contributed by atoms with E-state index in [1.165, 1.54) is 11.6 Å². The number of ether oxygens (including phenoxy) is 2. The van der Waals surface area contributed by atoms with Crippen molar-refractivity contribution in [1.29, 1.82) is 0 Å². The summed E-state index contributed by atoms with van der Waals surface area (Å²) >= 11 is 0. The van der Waals surface area contributed by atoms with E-state index in [1.807, 2.05) is 18.2 Å². The second kappa shape index (κ2) is 12.5. The van der Waals surface area contributed by atoms with Crippen LogP contribution in [0.25, 0.3) is 0 Å². The van der Waals surface area contributed by atoms with Gasteiger partial charge < -0.3 is 14.4 Å². The Balaban J connectivity index is 1.59. The zero-order valence-electron chi connectivity index (χ0n) is 20.2. The van der Waals surface area contributed by atoms with Crippen molar-refractivity contribution in [1.82, 2.24) is 9.62 Å². The number of rotatable bonds is 11. The van der Waals surface area contributed by atoms with Crippen LogP contribution in [0.2, 0.25) is 0 Å². The van der Waals surface area contributed by atoms with Crippen LogP contribution in [-0.2, 0) is 19.6 Å². The molecule has 1 aliphatic carbocycles. The molecule has 1 saturated carbocycles. The van der Waals surface area contributed by atoms with Crippen LogP contribution in [0.1, 0.15) is 56.4 Å². The van der Waals surface area contributed by atoms with E-state index in [0.29, 0.717) is 32.1 Å². The highest BCUT2D eigenvalue weighted by Gasteiger charge is 2.36. The number of carbonyl (C=O) groups is 1. The topological polar surface area (TPSA) is 84.9 Å². The number of likely N-dealkylation sites (tertiary alicyclic amines) is 1. The van der Waals surface area contributed by atoms with Crippen molar-refractivity contribution in [2.45, 2.75) is 69.1 Å². The molecule has 1 saturated heterocycles. The van der Waals surface area contributed by atoms with Gasteiger partial charge in [0.2, 0.25) is 15.9 Å². The lowest BCUT2D eigenvalue weighted by Crippen LogP contribution is -2.58. The first-order chi connectivity index (χ1) is 16.3. The van der Waals surface area contributed by atoms with Gasteiger partial charge in [-0.3, -0.25) is 4.79 Å². The summed E-state index contributed by atoms with van der Waals surface area (Å²) in [6.45, 7) is 8.87. The van der Waals surface area contributed by atoms with E-state index in [9.17, 15) is 13.2 Å². The normalized spacial score (nSPS) is 25.5. The first kappa shape index (κ1) is 26.4. The molecule has 0 radical (unpaired) electrons. The SMILES string of the molecule is C=CCCOc1ccccc1C1CCC(OC[C@H]2C(NS(C)(=O)=O)CCCN2C(=O)C=C)CC1. The zero-order valence-corrected chi connectivity index (χ0v) is 21.0. The van der Waals surface area contributed by atoms with Crippen molar-refractivity contribution in [2.24, 2.45) is 0 Å². The number of sulfonamides is 1. The van der Waals surface area contributed by atoms with Gasteiger partial charge >= 0.3 is 0 Å². The quantitative estimate of drug-likeness (QED) is 0.290. The Morgan fingerprint density at radius 1 is 1.18 bits per heavy atom. The van der Waals surface area contributed by atoms with Gasteiger partial charge in [0.1, 0.15) is 5.75 Å². The third kappa shape index (κ3) is 7.42. The average molecular weight is 491 g/mol. The van der Waals surface area contributed by atoms with Crippen LogP contribution in [0.4, 0.5) is 0 Å². The average Bonchev–Trinajstić information content (AvgIpc) is 2.82. The Labute approximate surface area is 204 Å². The van der Waals surface area contributed by atoms with Crippen molar-refractivity contribution in [3.05, 3.63) is 55.1 Å². The van der Waals surface area contributed by atoms with Gasteiger partial charge in [0.15, 0.2) is 0 Å². The van der Waals surface area contributed by atoms with Crippen LogP contribution < -0.4 is 9.46 Å². The predicted molar refractivity (Wildman–Crippen MR) is 134 cm³/mol. The minimum absolute atomic E-state index is 0.0894. The van der Waals surface area contributed by atoms with Gasteiger partial charge in [-0.15, -0.1) is 6.58 Å². The summed E-state index contributed by atoms with van der Waals surface area (Å²) in [6.07, 6.45) is 10.4. The molecule has 188 valence electrons. The monoisotopic (exact) mass is 490 g/mol. The Morgan fingerprint density at radius 2 is 1.91 bits per heavy atom. The van der Waals surface area contributed by atoms with Crippen molar-refractivity contribution in [3.8, 4) is 5.75 Å². The number of amides is 1. The third-order valence-electron chi connectivity index (χ3n) is 6.72. The van der Waals surface area contributed by atoms with E-state index in [-0.39, 0.29) is 24.1 Å². The van der Waals surface area contributed by atoms with Crippen LogP contribution in [-0.4, -0.2) is 63.4 Å². The molecule has 0 spiro atoms. The van der Waals surface area contributed by atoms with Crippen LogP contribution >= 0.6 is 0 Å². The molecule has 1 unspecified atom stereocenters. The molecule has 1 aromatic carbocycles. The number of para-hydroxylation sites is 1. The molecule has 7 nitrogen and oxygen atoms in total. The van der Waals surface area contributed by atoms with Gasteiger partial charge in [-0.1, -0.05) is 30.9 Å². The van der Waals surface area contributed by atoms with E-state index < -0.39 is 10.0 Å². The molecule has 1 N–H and O–H groups in total. The molecule has 34 heavy (non-hydrogen) atoms. The Bertz CT molecular complexity index is 940. The van der Waals surface area contributed by atoms with Crippen molar-refractivity contribution in [2.75, 3.05) is 26.0 Å². The maximum absolute atomic E-state index is 12.4. The Morgan fingerprint density at radius 3 is 2.59 bits per heavy atom. The van der Waals surface area contributed by atoms with E-state index in [1.54, 1.807) is 4.90 Å². The number of hydrogen-bond acceptors (Lipinski definition) is 5. The lowest BCUT2D eigenvalue weighted by Gasteiger charge is -2.41. The van der Waals surface area contributed by atoms with Crippen LogP contribution in [0, 0.1) is 0 Å². The van der Waals surface area contributed by atoms with Crippen molar-refractivity contribution >= 4 is 15.9 Å². The third-order valence-corrected chi connectivity index (χ3v) is 7.45. The van der Waals surface area contributed by atoms with E-state index >= 15 is 0 Å². The zero-order chi connectivity index (χ0) is 24.6. The number of piperidine rings is 1. The molecule has 3 rings (SSSR count). The molecule has 0 aromatic heterocycles. The summed E-state index contributed by atoms with van der Waals surface area (Å²) < 4.78 is 38.7.